The zero-order valence-corrected chi connectivity index (χ0v) is 16.6. The molecule has 2 heterocycles. The Balaban J connectivity index is 1.29. The Morgan fingerprint density at radius 1 is 1.37 bits per heavy atom. The number of amides is 1. The van der Waals surface area contributed by atoms with Crippen LogP contribution < -0.4 is 10.1 Å². The van der Waals surface area contributed by atoms with Crippen molar-refractivity contribution in [3.8, 4) is 11.9 Å². The second-order valence-electron chi connectivity index (χ2n) is 8.66. The Bertz CT molecular complexity index is 911. The number of rotatable bonds is 3. The Hall–Kier alpha value is -2.33. The summed E-state index contributed by atoms with van der Waals surface area (Å²) in [6.45, 7) is 5.58. The van der Waals surface area contributed by atoms with Gasteiger partial charge in [-0.15, -0.1) is 11.3 Å². The Labute approximate surface area is 162 Å². The lowest BCUT2D eigenvalue weighted by Gasteiger charge is -2.57. The predicted octanol–water partition coefficient (Wildman–Crippen LogP) is 4.38. The standard InChI is InChI=1S/C20H23N3O3S/c1-19(2,3)26-18(24)22-13-7-20(8-13)9-14(10-20)25-17-12(11-21)6-16-15(23-17)4-5-27-16/h4-6,13-14H,7-10H2,1-3H3,(H,22,24). The molecule has 0 aromatic carbocycles. The fourth-order valence-corrected chi connectivity index (χ4v) is 4.85. The molecule has 2 aromatic rings. The van der Waals surface area contributed by atoms with Gasteiger partial charge < -0.3 is 14.8 Å². The van der Waals surface area contributed by atoms with Crippen LogP contribution in [0, 0.1) is 16.7 Å². The third-order valence-electron chi connectivity index (χ3n) is 5.20. The van der Waals surface area contributed by atoms with Crippen molar-refractivity contribution >= 4 is 27.6 Å². The van der Waals surface area contributed by atoms with E-state index in [4.69, 9.17) is 9.47 Å². The van der Waals surface area contributed by atoms with Gasteiger partial charge in [-0.2, -0.15) is 5.26 Å². The van der Waals surface area contributed by atoms with E-state index in [-0.39, 0.29) is 23.7 Å². The SMILES string of the molecule is CC(C)(C)OC(=O)NC1CC2(C1)CC(Oc1nc3ccsc3cc1C#N)C2. The molecule has 0 atom stereocenters. The van der Waals surface area contributed by atoms with Crippen molar-refractivity contribution in [3.05, 3.63) is 23.1 Å². The quantitative estimate of drug-likeness (QED) is 0.847. The molecule has 0 saturated heterocycles. The van der Waals surface area contributed by atoms with Gasteiger partial charge >= 0.3 is 6.09 Å². The maximum atomic E-state index is 11.8. The molecule has 0 aliphatic heterocycles. The van der Waals surface area contributed by atoms with Gasteiger partial charge in [0.25, 0.3) is 0 Å². The number of nitrogens with zero attached hydrogens (tertiary/aromatic N) is 2. The van der Waals surface area contributed by atoms with Crippen molar-refractivity contribution < 1.29 is 14.3 Å². The number of ether oxygens (including phenoxy) is 2. The topological polar surface area (TPSA) is 84.2 Å². The summed E-state index contributed by atoms with van der Waals surface area (Å²) >= 11 is 1.57. The van der Waals surface area contributed by atoms with Gasteiger partial charge in [0, 0.05) is 6.04 Å². The maximum absolute atomic E-state index is 11.8. The van der Waals surface area contributed by atoms with E-state index in [0.717, 1.165) is 35.9 Å². The number of pyridine rings is 1. The van der Waals surface area contributed by atoms with E-state index >= 15 is 0 Å². The highest BCUT2D eigenvalue weighted by molar-refractivity contribution is 7.17. The number of nitrogens with one attached hydrogen (secondary N) is 1. The summed E-state index contributed by atoms with van der Waals surface area (Å²) in [5.41, 5.74) is 1.14. The Morgan fingerprint density at radius 3 is 2.78 bits per heavy atom. The first-order valence-corrected chi connectivity index (χ1v) is 10.1. The van der Waals surface area contributed by atoms with Gasteiger partial charge in [0.05, 0.1) is 10.2 Å². The molecule has 0 radical (unpaired) electrons. The predicted molar refractivity (Wildman–Crippen MR) is 103 cm³/mol. The first-order valence-electron chi connectivity index (χ1n) is 9.20. The van der Waals surface area contributed by atoms with E-state index < -0.39 is 5.60 Å². The van der Waals surface area contributed by atoms with Crippen LogP contribution >= 0.6 is 11.3 Å². The second-order valence-corrected chi connectivity index (χ2v) is 9.60. The van der Waals surface area contributed by atoms with E-state index in [9.17, 15) is 10.1 Å². The monoisotopic (exact) mass is 385 g/mol. The molecule has 2 aromatic heterocycles. The molecular formula is C20H23N3O3S. The highest BCUT2D eigenvalue weighted by atomic mass is 32.1. The molecule has 1 amide bonds. The van der Waals surface area contributed by atoms with Crippen LogP contribution in [-0.2, 0) is 4.74 Å². The van der Waals surface area contributed by atoms with Gasteiger partial charge in [0.15, 0.2) is 0 Å². The first kappa shape index (κ1) is 18.1. The minimum atomic E-state index is -0.476. The normalized spacial score (nSPS) is 26.7. The van der Waals surface area contributed by atoms with E-state index in [1.165, 1.54) is 0 Å². The molecule has 7 heteroatoms. The van der Waals surface area contributed by atoms with Crippen molar-refractivity contribution in [2.24, 2.45) is 5.41 Å². The van der Waals surface area contributed by atoms with Gasteiger partial charge in [0.2, 0.25) is 5.88 Å². The molecule has 1 N–H and O–H groups in total. The zero-order valence-electron chi connectivity index (χ0n) is 15.7. The number of hydrogen-bond acceptors (Lipinski definition) is 6. The second kappa shape index (κ2) is 6.38. The third kappa shape index (κ3) is 3.72. The number of fused-ring (bicyclic) bond motifs is 1. The van der Waals surface area contributed by atoms with E-state index in [0.29, 0.717) is 11.4 Å². The van der Waals surface area contributed by atoms with Crippen LogP contribution in [0.5, 0.6) is 5.88 Å². The van der Waals surface area contributed by atoms with Crippen LogP contribution in [0.15, 0.2) is 17.5 Å². The summed E-state index contributed by atoms with van der Waals surface area (Å²) in [4.78, 5) is 16.3. The Kier molecular flexibility index (Phi) is 4.26. The Morgan fingerprint density at radius 2 is 2.11 bits per heavy atom. The number of nitriles is 1. The molecule has 27 heavy (non-hydrogen) atoms. The van der Waals surface area contributed by atoms with Crippen molar-refractivity contribution in [2.75, 3.05) is 0 Å². The van der Waals surface area contributed by atoms with Crippen LogP contribution in [0.25, 0.3) is 10.2 Å². The van der Waals surface area contributed by atoms with Crippen molar-refractivity contribution in [3.63, 3.8) is 0 Å². The van der Waals surface area contributed by atoms with Crippen LogP contribution in [-0.4, -0.2) is 28.8 Å². The summed E-state index contributed by atoms with van der Waals surface area (Å²) in [7, 11) is 0. The van der Waals surface area contributed by atoms with E-state index in [1.54, 1.807) is 11.3 Å². The molecule has 2 aliphatic rings. The van der Waals surface area contributed by atoms with Crippen LogP contribution in [0.4, 0.5) is 4.79 Å². The average Bonchev–Trinajstić information content (AvgIpc) is 2.95. The number of aromatic nitrogens is 1. The molecule has 2 fully saturated rings. The summed E-state index contributed by atoms with van der Waals surface area (Å²) < 4.78 is 12.3. The van der Waals surface area contributed by atoms with Crippen molar-refractivity contribution in [1.29, 1.82) is 5.26 Å². The van der Waals surface area contributed by atoms with E-state index in [2.05, 4.69) is 16.4 Å². The van der Waals surface area contributed by atoms with Gasteiger partial charge in [0.1, 0.15) is 23.3 Å². The van der Waals surface area contributed by atoms with Crippen molar-refractivity contribution in [1.82, 2.24) is 10.3 Å². The molecule has 0 bridgehead atoms. The fraction of sp³-hybridized carbons (Fsp3) is 0.550. The van der Waals surface area contributed by atoms with Gasteiger partial charge in [-0.1, -0.05) is 0 Å². The lowest BCUT2D eigenvalue weighted by atomic mass is 9.53. The molecular weight excluding hydrogens is 362 g/mol. The molecule has 142 valence electrons. The maximum Gasteiger partial charge on any atom is 0.407 e. The van der Waals surface area contributed by atoms with Crippen molar-refractivity contribution in [2.45, 2.75) is 64.2 Å². The minimum Gasteiger partial charge on any atom is -0.473 e. The summed E-state index contributed by atoms with van der Waals surface area (Å²) in [6.07, 6.45) is 3.52. The summed E-state index contributed by atoms with van der Waals surface area (Å²) in [5.74, 6) is 0.436. The average molecular weight is 385 g/mol. The lowest BCUT2D eigenvalue weighted by Crippen LogP contribution is -2.59. The molecule has 6 nitrogen and oxygen atoms in total. The number of alkyl carbamates (subject to hydrolysis) is 1. The number of thiophene rings is 1. The molecule has 2 saturated carbocycles. The number of carbonyl (C=O) groups is 1. The largest absolute Gasteiger partial charge is 0.473 e. The first-order chi connectivity index (χ1) is 12.8. The smallest absolute Gasteiger partial charge is 0.407 e. The summed E-state index contributed by atoms with van der Waals surface area (Å²) in [5, 5.41) is 14.3. The fourth-order valence-electron chi connectivity index (χ4n) is 4.09. The molecule has 4 rings (SSSR count). The van der Waals surface area contributed by atoms with Crippen LogP contribution in [0.3, 0.4) is 0 Å². The van der Waals surface area contributed by atoms with Gasteiger partial charge in [-0.3, -0.25) is 0 Å². The molecule has 2 aliphatic carbocycles. The number of hydrogen-bond donors (Lipinski definition) is 1. The van der Waals surface area contributed by atoms with Gasteiger partial charge in [-0.05, 0) is 69.4 Å². The lowest BCUT2D eigenvalue weighted by molar-refractivity contribution is -0.0866. The zero-order chi connectivity index (χ0) is 19.2. The molecule has 0 unspecified atom stereocenters. The highest BCUT2D eigenvalue weighted by Gasteiger charge is 2.54. The van der Waals surface area contributed by atoms with E-state index in [1.807, 2.05) is 38.3 Å². The van der Waals surface area contributed by atoms with Crippen LogP contribution in [0.1, 0.15) is 52.0 Å². The third-order valence-corrected chi connectivity index (χ3v) is 6.05. The van der Waals surface area contributed by atoms with Gasteiger partial charge in [-0.25, -0.2) is 9.78 Å². The minimum absolute atomic E-state index is 0.0863. The molecule has 1 spiro atoms. The van der Waals surface area contributed by atoms with Crippen LogP contribution in [0.2, 0.25) is 0 Å². The highest BCUT2D eigenvalue weighted by Crippen LogP contribution is 2.56. The number of carbonyl (C=O) groups excluding carboxylic acids is 1. The summed E-state index contributed by atoms with van der Waals surface area (Å²) in [6, 6.07) is 6.15.